The fourth-order valence-corrected chi connectivity index (χ4v) is 3.81. The average Bonchev–Trinajstić information content (AvgIpc) is 3.22. The number of anilines is 1. The van der Waals surface area contributed by atoms with Crippen LogP contribution in [0.3, 0.4) is 0 Å². The number of hydrogen-bond donors (Lipinski definition) is 1. The topological polar surface area (TPSA) is 67.2 Å². The molecular weight excluding hydrogens is 481 g/mol. The van der Waals surface area contributed by atoms with Crippen molar-refractivity contribution in [3.63, 3.8) is 0 Å². The minimum atomic E-state index is -4.58. The summed E-state index contributed by atoms with van der Waals surface area (Å²) in [4.78, 5) is 27.5. The Bertz CT molecular complexity index is 1300. The van der Waals surface area contributed by atoms with Gasteiger partial charge in [0, 0.05) is 23.1 Å². The summed E-state index contributed by atoms with van der Waals surface area (Å²) in [6, 6.07) is 11.4. The average molecular weight is 515 g/mol. The third-order valence-corrected chi connectivity index (χ3v) is 6.18. The van der Waals surface area contributed by atoms with Gasteiger partial charge in [0.15, 0.2) is 0 Å². The first-order chi connectivity index (χ1) is 17.1. The van der Waals surface area contributed by atoms with E-state index in [1.54, 1.807) is 24.6 Å². The quantitative estimate of drug-likeness (QED) is 0.420. The van der Waals surface area contributed by atoms with Gasteiger partial charge < -0.3 is 10.2 Å². The van der Waals surface area contributed by atoms with Crippen molar-refractivity contribution in [2.45, 2.75) is 66.1 Å². The highest BCUT2D eigenvalue weighted by molar-refractivity contribution is 5.99. The number of nitrogens with one attached hydrogen (secondary N) is 1. The van der Waals surface area contributed by atoms with Crippen LogP contribution in [0.5, 0.6) is 0 Å². The molecule has 0 saturated heterocycles. The molecule has 9 heteroatoms. The van der Waals surface area contributed by atoms with Crippen LogP contribution in [0.1, 0.15) is 67.4 Å². The maximum Gasteiger partial charge on any atom is 0.416 e. The van der Waals surface area contributed by atoms with Crippen molar-refractivity contribution < 1.29 is 22.8 Å². The van der Waals surface area contributed by atoms with Crippen LogP contribution in [-0.2, 0) is 16.4 Å². The largest absolute Gasteiger partial charge is 0.416 e. The molecule has 0 aliphatic heterocycles. The zero-order valence-corrected chi connectivity index (χ0v) is 22.2. The SMILES string of the molecule is Cc1cccc(-n2nc(C(C)(C)C)cc2NC(=O)CN(C(=O)c2cccc(C(F)(F)F)c2)C(C)C)c1C. The zero-order chi connectivity index (χ0) is 27.7. The van der Waals surface area contributed by atoms with Crippen molar-refractivity contribution in [3.05, 3.63) is 76.5 Å². The molecule has 0 aliphatic carbocycles. The van der Waals surface area contributed by atoms with Gasteiger partial charge in [-0.3, -0.25) is 9.59 Å². The minimum absolute atomic E-state index is 0.133. The van der Waals surface area contributed by atoms with Gasteiger partial charge in [-0.15, -0.1) is 0 Å². The highest BCUT2D eigenvalue weighted by atomic mass is 19.4. The Kier molecular flexibility index (Phi) is 7.86. The van der Waals surface area contributed by atoms with Gasteiger partial charge in [0.2, 0.25) is 5.91 Å². The second-order valence-corrected chi connectivity index (χ2v) is 10.4. The van der Waals surface area contributed by atoms with Crippen LogP contribution < -0.4 is 5.32 Å². The van der Waals surface area contributed by atoms with Crippen molar-refractivity contribution in [3.8, 4) is 5.69 Å². The standard InChI is InChI=1S/C28H33F3N4O2/c1-17(2)34(26(37)20-11-9-12-21(14-20)28(29,30)31)16-25(36)32-24-15-23(27(5,6)7)33-35(24)22-13-8-10-18(3)19(22)4/h8-15,17H,16H2,1-7H3,(H,32,36). The third-order valence-electron chi connectivity index (χ3n) is 6.18. The molecule has 0 saturated carbocycles. The Balaban J connectivity index is 1.91. The molecule has 6 nitrogen and oxygen atoms in total. The summed E-state index contributed by atoms with van der Waals surface area (Å²) in [6.07, 6.45) is -4.58. The molecule has 2 aromatic carbocycles. The Morgan fingerprint density at radius 2 is 1.68 bits per heavy atom. The van der Waals surface area contributed by atoms with Gasteiger partial charge >= 0.3 is 6.18 Å². The van der Waals surface area contributed by atoms with E-state index in [9.17, 15) is 22.8 Å². The van der Waals surface area contributed by atoms with E-state index >= 15 is 0 Å². The van der Waals surface area contributed by atoms with E-state index in [0.717, 1.165) is 34.6 Å². The molecule has 1 N–H and O–H groups in total. The lowest BCUT2D eigenvalue weighted by molar-refractivity contribution is -0.137. The normalized spacial score (nSPS) is 12.1. The number of alkyl halides is 3. The predicted molar refractivity (Wildman–Crippen MR) is 138 cm³/mol. The third kappa shape index (κ3) is 6.39. The van der Waals surface area contributed by atoms with Crippen molar-refractivity contribution in [1.82, 2.24) is 14.7 Å². The summed E-state index contributed by atoms with van der Waals surface area (Å²) in [6.45, 7) is 13.1. The number of hydrogen-bond acceptors (Lipinski definition) is 3. The summed E-state index contributed by atoms with van der Waals surface area (Å²) in [5, 5.41) is 7.61. The first kappa shape index (κ1) is 28.0. The van der Waals surface area contributed by atoms with Crippen LogP contribution in [0.25, 0.3) is 5.69 Å². The lowest BCUT2D eigenvalue weighted by atomic mass is 9.92. The van der Waals surface area contributed by atoms with Gasteiger partial charge in [-0.2, -0.15) is 18.3 Å². The van der Waals surface area contributed by atoms with Crippen LogP contribution in [0.4, 0.5) is 19.0 Å². The maximum absolute atomic E-state index is 13.2. The predicted octanol–water partition coefficient (Wildman–Crippen LogP) is 6.29. The van der Waals surface area contributed by atoms with Gasteiger partial charge in [0.1, 0.15) is 12.4 Å². The lowest BCUT2D eigenvalue weighted by Crippen LogP contribution is -2.42. The van der Waals surface area contributed by atoms with Crippen LogP contribution in [0.15, 0.2) is 48.5 Å². The molecule has 3 aromatic rings. The second kappa shape index (κ2) is 10.4. The fourth-order valence-electron chi connectivity index (χ4n) is 3.81. The van der Waals surface area contributed by atoms with Crippen molar-refractivity contribution in [2.75, 3.05) is 11.9 Å². The van der Waals surface area contributed by atoms with Crippen molar-refractivity contribution >= 4 is 17.6 Å². The highest BCUT2D eigenvalue weighted by Gasteiger charge is 2.32. The van der Waals surface area contributed by atoms with E-state index < -0.39 is 29.6 Å². The van der Waals surface area contributed by atoms with Gasteiger partial charge in [0.25, 0.3) is 5.91 Å². The number of nitrogens with zero attached hydrogens (tertiary/aromatic N) is 3. The van der Waals surface area contributed by atoms with E-state index in [1.807, 2.05) is 52.8 Å². The number of aryl methyl sites for hydroxylation is 1. The Labute approximate surface area is 215 Å². The van der Waals surface area contributed by atoms with Crippen LogP contribution >= 0.6 is 0 Å². The van der Waals surface area contributed by atoms with E-state index in [-0.39, 0.29) is 17.5 Å². The van der Waals surface area contributed by atoms with E-state index in [4.69, 9.17) is 5.10 Å². The molecule has 0 radical (unpaired) electrons. The summed E-state index contributed by atoms with van der Waals surface area (Å²) in [5.41, 5.74) is 2.32. The molecule has 0 aliphatic rings. The van der Waals surface area contributed by atoms with Crippen molar-refractivity contribution in [1.29, 1.82) is 0 Å². The number of carbonyl (C=O) groups is 2. The zero-order valence-electron chi connectivity index (χ0n) is 22.2. The van der Waals surface area contributed by atoms with Gasteiger partial charge in [0.05, 0.1) is 16.9 Å². The Morgan fingerprint density at radius 3 is 2.27 bits per heavy atom. The molecule has 2 amide bonds. The van der Waals surface area contributed by atoms with Crippen LogP contribution in [0, 0.1) is 13.8 Å². The molecule has 3 rings (SSSR count). The minimum Gasteiger partial charge on any atom is -0.327 e. The monoisotopic (exact) mass is 514 g/mol. The molecule has 1 aromatic heterocycles. The van der Waals surface area contributed by atoms with Gasteiger partial charge in [-0.05, 0) is 63.1 Å². The Morgan fingerprint density at radius 1 is 1.03 bits per heavy atom. The number of carbonyl (C=O) groups excluding carboxylic acids is 2. The number of rotatable bonds is 6. The van der Waals surface area contributed by atoms with E-state index in [1.165, 1.54) is 17.0 Å². The van der Waals surface area contributed by atoms with Crippen LogP contribution in [-0.4, -0.2) is 39.1 Å². The van der Waals surface area contributed by atoms with Crippen molar-refractivity contribution in [2.24, 2.45) is 0 Å². The fraction of sp³-hybridized carbons (Fsp3) is 0.393. The van der Waals surface area contributed by atoms with Gasteiger partial charge in [-0.25, -0.2) is 4.68 Å². The smallest absolute Gasteiger partial charge is 0.327 e. The summed E-state index contributed by atoms with van der Waals surface area (Å²) in [7, 11) is 0. The molecular formula is C28H33F3N4O2. The molecule has 1 heterocycles. The summed E-state index contributed by atoms with van der Waals surface area (Å²) >= 11 is 0. The highest BCUT2D eigenvalue weighted by Crippen LogP contribution is 2.30. The van der Waals surface area contributed by atoms with Gasteiger partial charge in [-0.1, -0.05) is 39.0 Å². The van der Waals surface area contributed by atoms with E-state index in [0.29, 0.717) is 5.82 Å². The number of benzene rings is 2. The first-order valence-electron chi connectivity index (χ1n) is 12.0. The first-order valence-corrected chi connectivity index (χ1v) is 12.0. The number of aromatic nitrogens is 2. The number of halogens is 3. The molecule has 0 bridgehead atoms. The summed E-state index contributed by atoms with van der Waals surface area (Å²) < 4.78 is 41.2. The lowest BCUT2D eigenvalue weighted by Gasteiger charge is -2.26. The Hall–Kier alpha value is -3.62. The molecule has 0 fully saturated rings. The number of amides is 2. The molecule has 37 heavy (non-hydrogen) atoms. The molecule has 198 valence electrons. The molecule has 0 unspecified atom stereocenters. The van der Waals surface area contributed by atoms with Crippen LogP contribution in [0.2, 0.25) is 0 Å². The summed E-state index contributed by atoms with van der Waals surface area (Å²) in [5.74, 6) is -0.700. The molecule has 0 spiro atoms. The van der Waals surface area contributed by atoms with E-state index in [2.05, 4.69) is 5.32 Å². The second-order valence-electron chi connectivity index (χ2n) is 10.4. The maximum atomic E-state index is 13.2. The molecule has 0 atom stereocenters.